The minimum atomic E-state index is -0.848. The molecule has 2 amide bonds. The van der Waals surface area contributed by atoms with Crippen molar-refractivity contribution < 1.29 is 19.4 Å². The molecule has 0 radical (unpaired) electrons. The van der Waals surface area contributed by atoms with Crippen LogP contribution in [-0.4, -0.2) is 58.6 Å². The Balaban J connectivity index is 1.61. The summed E-state index contributed by atoms with van der Waals surface area (Å²) in [6.07, 6.45) is 0.403. The molecule has 3 aromatic rings. The van der Waals surface area contributed by atoms with Crippen LogP contribution in [0.2, 0.25) is 0 Å². The van der Waals surface area contributed by atoms with E-state index in [9.17, 15) is 14.7 Å². The van der Waals surface area contributed by atoms with Crippen molar-refractivity contribution in [2.24, 2.45) is 5.73 Å². The number of rotatable bonds is 9. The van der Waals surface area contributed by atoms with Crippen LogP contribution in [0, 0.1) is 0 Å². The standard InChI is InChI=1S/C30H36N4O4/c1-20(2)33(21(3)31)18-16-32-29(36)28-25-14-13-24(38-23-9-5-4-6-10-23)19-22(25)15-17-34(28)30(37)26-11-7-8-12-27(26)35/h4-14,19-21,28,35H,15-18,31H2,1-3H3,(H,32,36). The molecular formula is C30H36N4O4. The second-order valence-electron chi connectivity index (χ2n) is 9.81. The average molecular weight is 517 g/mol. The van der Waals surface area contributed by atoms with Crippen LogP contribution in [0.4, 0.5) is 0 Å². The van der Waals surface area contributed by atoms with Gasteiger partial charge < -0.3 is 25.8 Å². The van der Waals surface area contributed by atoms with Gasteiger partial charge in [-0.25, -0.2) is 0 Å². The minimum Gasteiger partial charge on any atom is -0.507 e. The summed E-state index contributed by atoms with van der Waals surface area (Å²) in [7, 11) is 0. The number of para-hydroxylation sites is 2. The molecule has 2 unspecified atom stereocenters. The number of phenolic OH excluding ortho intramolecular Hbond substituents is 1. The van der Waals surface area contributed by atoms with E-state index in [1.807, 2.05) is 55.5 Å². The van der Waals surface area contributed by atoms with Gasteiger partial charge in [-0.1, -0.05) is 36.4 Å². The van der Waals surface area contributed by atoms with Gasteiger partial charge in [-0.3, -0.25) is 14.5 Å². The third-order valence-electron chi connectivity index (χ3n) is 6.82. The molecule has 8 heteroatoms. The number of amides is 2. The normalized spacial score (nSPS) is 15.7. The van der Waals surface area contributed by atoms with Crippen LogP contribution < -0.4 is 15.8 Å². The third-order valence-corrected chi connectivity index (χ3v) is 6.82. The van der Waals surface area contributed by atoms with Gasteiger partial charge in [0.05, 0.1) is 11.7 Å². The largest absolute Gasteiger partial charge is 0.507 e. The predicted octanol–water partition coefficient (Wildman–Crippen LogP) is 4.06. The number of benzene rings is 3. The Labute approximate surface area is 224 Å². The zero-order valence-corrected chi connectivity index (χ0v) is 22.1. The average Bonchev–Trinajstić information content (AvgIpc) is 2.90. The number of nitrogens with two attached hydrogens (primary N) is 1. The third kappa shape index (κ3) is 6.15. The van der Waals surface area contributed by atoms with Crippen LogP contribution in [0.1, 0.15) is 48.3 Å². The molecule has 3 aromatic carbocycles. The highest BCUT2D eigenvalue weighted by Gasteiger charge is 2.37. The second-order valence-corrected chi connectivity index (χ2v) is 9.81. The summed E-state index contributed by atoms with van der Waals surface area (Å²) >= 11 is 0. The number of phenols is 1. The minimum absolute atomic E-state index is 0.112. The smallest absolute Gasteiger partial charge is 0.258 e. The first-order chi connectivity index (χ1) is 18.3. The summed E-state index contributed by atoms with van der Waals surface area (Å²) in [5.41, 5.74) is 7.95. The number of ether oxygens (including phenoxy) is 1. The zero-order valence-electron chi connectivity index (χ0n) is 22.1. The fourth-order valence-corrected chi connectivity index (χ4v) is 4.94. The number of carbonyl (C=O) groups is 2. The molecule has 0 bridgehead atoms. The molecule has 1 aliphatic rings. The van der Waals surface area contributed by atoms with Gasteiger partial charge in [0.25, 0.3) is 5.91 Å². The SMILES string of the molecule is CC(C)N(CCNC(=O)C1c2ccc(Oc3ccccc3)cc2CCN1C(=O)c1ccccc1O)C(C)N. The number of hydrogen-bond acceptors (Lipinski definition) is 6. The molecule has 0 aliphatic carbocycles. The van der Waals surface area contributed by atoms with Gasteiger partial charge in [0.1, 0.15) is 23.3 Å². The van der Waals surface area contributed by atoms with Crippen LogP contribution in [0.3, 0.4) is 0 Å². The van der Waals surface area contributed by atoms with E-state index in [0.717, 1.165) is 16.9 Å². The molecular weight excluding hydrogens is 480 g/mol. The maximum Gasteiger partial charge on any atom is 0.258 e. The van der Waals surface area contributed by atoms with Crippen LogP contribution in [0.15, 0.2) is 72.8 Å². The van der Waals surface area contributed by atoms with E-state index < -0.39 is 11.9 Å². The Bertz CT molecular complexity index is 1250. The van der Waals surface area contributed by atoms with Gasteiger partial charge in [0.15, 0.2) is 0 Å². The summed E-state index contributed by atoms with van der Waals surface area (Å²) in [5, 5.41) is 13.3. The maximum atomic E-state index is 13.6. The monoisotopic (exact) mass is 516 g/mol. The number of nitrogens with zero attached hydrogens (tertiary/aromatic N) is 2. The lowest BCUT2D eigenvalue weighted by Crippen LogP contribution is -2.50. The van der Waals surface area contributed by atoms with Crippen molar-refractivity contribution in [2.75, 3.05) is 19.6 Å². The molecule has 4 rings (SSSR count). The van der Waals surface area contributed by atoms with E-state index in [4.69, 9.17) is 10.5 Å². The molecule has 38 heavy (non-hydrogen) atoms. The Kier molecular flexibility index (Phi) is 8.66. The zero-order chi connectivity index (χ0) is 27.2. The number of nitrogens with one attached hydrogen (secondary N) is 1. The number of aromatic hydroxyl groups is 1. The lowest BCUT2D eigenvalue weighted by atomic mass is 9.91. The highest BCUT2D eigenvalue weighted by molar-refractivity contribution is 6.00. The molecule has 2 atom stereocenters. The molecule has 0 aromatic heterocycles. The quantitative estimate of drug-likeness (QED) is 0.370. The van der Waals surface area contributed by atoms with Gasteiger partial charge in [-0.15, -0.1) is 0 Å². The van der Waals surface area contributed by atoms with Crippen LogP contribution >= 0.6 is 0 Å². The fraction of sp³-hybridized carbons (Fsp3) is 0.333. The Hall–Kier alpha value is -3.88. The number of hydrogen-bond donors (Lipinski definition) is 3. The van der Waals surface area contributed by atoms with Crippen molar-refractivity contribution in [2.45, 2.75) is 45.4 Å². The summed E-state index contributed by atoms with van der Waals surface area (Å²) in [6, 6.07) is 20.9. The van der Waals surface area contributed by atoms with Crippen molar-refractivity contribution in [1.29, 1.82) is 0 Å². The first-order valence-electron chi connectivity index (χ1n) is 13.0. The molecule has 4 N–H and O–H groups in total. The van der Waals surface area contributed by atoms with E-state index in [1.165, 1.54) is 11.0 Å². The lowest BCUT2D eigenvalue weighted by molar-refractivity contribution is -0.126. The molecule has 8 nitrogen and oxygen atoms in total. The van der Waals surface area contributed by atoms with E-state index in [-0.39, 0.29) is 29.4 Å². The van der Waals surface area contributed by atoms with Crippen molar-refractivity contribution in [1.82, 2.24) is 15.1 Å². The number of fused-ring (bicyclic) bond motifs is 1. The maximum absolute atomic E-state index is 13.6. The summed E-state index contributed by atoms with van der Waals surface area (Å²) in [4.78, 5) is 30.8. The van der Waals surface area contributed by atoms with E-state index >= 15 is 0 Å². The molecule has 1 aliphatic heterocycles. The van der Waals surface area contributed by atoms with Crippen LogP contribution in [0.25, 0.3) is 0 Å². The molecule has 200 valence electrons. The molecule has 0 spiro atoms. The van der Waals surface area contributed by atoms with Gasteiger partial charge in [0, 0.05) is 25.7 Å². The molecule has 0 saturated carbocycles. The molecule has 0 saturated heterocycles. The summed E-state index contributed by atoms with van der Waals surface area (Å²) in [6.45, 7) is 7.33. The number of carbonyl (C=O) groups excluding carboxylic acids is 2. The molecule has 1 heterocycles. The van der Waals surface area contributed by atoms with E-state index in [1.54, 1.807) is 18.2 Å². The fourth-order valence-electron chi connectivity index (χ4n) is 4.94. The molecule has 0 fully saturated rings. The lowest BCUT2D eigenvalue weighted by Gasteiger charge is -2.37. The highest BCUT2D eigenvalue weighted by atomic mass is 16.5. The van der Waals surface area contributed by atoms with E-state index in [2.05, 4.69) is 24.1 Å². The van der Waals surface area contributed by atoms with Crippen LogP contribution in [-0.2, 0) is 11.2 Å². The first kappa shape index (κ1) is 27.2. The van der Waals surface area contributed by atoms with Gasteiger partial charge in [-0.2, -0.15) is 0 Å². The van der Waals surface area contributed by atoms with Gasteiger partial charge >= 0.3 is 0 Å². The van der Waals surface area contributed by atoms with Crippen molar-refractivity contribution in [3.63, 3.8) is 0 Å². The summed E-state index contributed by atoms with van der Waals surface area (Å²) in [5.74, 6) is 0.605. The van der Waals surface area contributed by atoms with Gasteiger partial charge in [-0.05, 0) is 74.7 Å². The van der Waals surface area contributed by atoms with Crippen molar-refractivity contribution in [3.8, 4) is 17.2 Å². The topological polar surface area (TPSA) is 108 Å². The summed E-state index contributed by atoms with van der Waals surface area (Å²) < 4.78 is 6.00. The first-order valence-corrected chi connectivity index (χ1v) is 13.0. The van der Waals surface area contributed by atoms with Crippen molar-refractivity contribution >= 4 is 11.8 Å². The Morgan fingerprint density at radius 1 is 1.05 bits per heavy atom. The van der Waals surface area contributed by atoms with E-state index in [0.29, 0.717) is 31.8 Å². The van der Waals surface area contributed by atoms with Crippen LogP contribution in [0.5, 0.6) is 17.2 Å². The Morgan fingerprint density at radius 2 is 1.76 bits per heavy atom. The second kappa shape index (κ2) is 12.1. The highest BCUT2D eigenvalue weighted by Crippen LogP contribution is 2.35. The van der Waals surface area contributed by atoms with Gasteiger partial charge in [0.2, 0.25) is 5.91 Å². The Morgan fingerprint density at radius 3 is 2.45 bits per heavy atom. The van der Waals surface area contributed by atoms with Crippen molar-refractivity contribution in [3.05, 3.63) is 89.5 Å². The predicted molar refractivity (Wildman–Crippen MR) is 147 cm³/mol.